The Bertz CT molecular complexity index is 612. The molecule has 0 aliphatic carbocycles. The second-order valence-electron chi connectivity index (χ2n) is 8.15. The van der Waals surface area contributed by atoms with Crippen LogP contribution >= 0.6 is 0 Å². The van der Waals surface area contributed by atoms with Gasteiger partial charge < -0.3 is 14.6 Å². The van der Waals surface area contributed by atoms with Gasteiger partial charge in [0.1, 0.15) is 5.76 Å². The first-order valence-electron chi connectivity index (χ1n) is 10.0. The minimum absolute atomic E-state index is 0.0878. The number of carbonyl (C=O) groups is 1. The van der Waals surface area contributed by atoms with Crippen LogP contribution in [-0.4, -0.2) is 55.0 Å². The highest BCUT2D eigenvalue weighted by atomic mass is 16.4. The lowest BCUT2D eigenvalue weighted by molar-refractivity contribution is 0.0731. The Morgan fingerprint density at radius 1 is 1.24 bits per heavy atom. The predicted molar refractivity (Wildman–Crippen MR) is 97.7 cm³/mol. The van der Waals surface area contributed by atoms with Gasteiger partial charge in [-0.25, -0.2) is 0 Å². The van der Waals surface area contributed by atoms with Gasteiger partial charge in [-0.2, -0.15) is 0 Å². The molecule has 1 aromatic heterocycles. The fourth-order valence-electron chi connectivity index (χ4n) is 4.83. The minimum atomic E-state index is 0.0878. The van der Waals surface area contributed by atoms with E-state index in [0.717, 1.165) is 51.3 Å². The third-order valence-electron chi connectivity index (χ3n) is 6.31. The molecule has 3 saturated heterocycles. The SMILES string of the molecule is CCc1oc(C(=O)N2CC[C@]3(CCCNC3)C2)cc1CN1CCCC1. The molecule has 3 fully saturated rings. The summed E-state index contributed by atoms with van der Waals surface area (Å²) < 4.78 is 5.99. The van der Waals surface area contributed by atoms with Crippen LogP contribution in [0.25, 0.3) is 0 Å². The number of rotatable bonds is 4. The summed E-state index contributed by atoms with van der Waals surface area (Å²) in [5.74, 6) is 1.63. The molecular weight excluding hydrogens is 314 g/mol. The van der Waals surface area contributed by atoms with Crippen molar-refractivity contribution in [1.29, 1.82) is 0 Å². The molecule has 0 radical (unpaired) electrons. The third-order valence-corrected chi connectivity index (χ3v) is 6.31. The van der Waals surface area contributed by atoms with E-state index in [2.05, 4.69) is 17.1 Å². The maximum atomic E-state index is 13.0. The second-order valence-corrected chi connectivity index (χ2v) is 8.15. The summed E-state index contributed by atoms with van der Waals surface area (Å²) in [6, 6.07) is 2.02. The molecule has 1 spiro atoms. The van der Waals surface area contributed by atoms with E-state index in [9.17, 15) is 4.79 Å². The van der Waals surface area contributed by atoms with Gasteiger partial charge in [-0.15, -0.1) is 0 Å². The van der Waals surface area contributed by atoms with Crippen LogP contribution in [0.3, 0.4) is 0 Å². The van der Waals surface area contributed by atoms with Crippen molar-refractivity contribution < 1.29 is 9.21 Å². The van der Waals surface area contributed by atoms with Crippen LogP contribution in [-0.2, 0) is 13.0 Å². The van der Waals surface area contributed by atoms with E-state index in [1.54, 1.807) is 0 Å². The molecule has 4 rings (SSSR count). The first kappa shape index (κ1) is 17.1. The Balaban J connectivity index is 1.45. The van der Waals surface area contributed by atoms with Crippen molar-refractivity contribution in [2.75, 3.05) is 39.3 Å². The van der Waals surface area contributed by atoms with E-state index in [1.807, 2.05) is 11.0 Å². The zero-order valence-corrected chi connectivity index (χ0v) is 15.5. The lowest BCUT2D eigenvalue weighted by Crippen LogP contribution is -2.42. The van der Waals surface area contributed by atoms with Crippen LogP contribution in [0.2, 0.25) is 0 Å². The van der Waals surface area contributed by atoms with Crippen LogP contribution < -0.4 is 5.32 Å². The monoisotopic (exact) mass is 345 g/mol. The molecule has 5 heteroatoms. The van der Waals surface area contributed by atoms with Gasteiger partial charge >= 0.3 is 0 Å². The lowest BCUT2D eigenvalue weighted by atomic mass is 9.80. The molecule has 138 valence electrons. The number of nitrogens with one attached hydrogen (secondary N) is 1. The largest absolute Gasteiger partial charge is 0.456 e. The number of likely N-dealkylation sites (tertiary alicyclic amines) is 2. The van der Waals surface area contributed by atoms with Crippen molar-refractivity contribution in [2.45, 2.75) is 52.0 Å². The van der Waals surface area contributed by atoms with Gasteiger partial charge in [0.25, 0.3) is 5.91 Å². The normalized spacial score (nSPS) is 27.5. The zero-order valence-electron chi connectivity index (χ0n) is 15.5. The number of amides is 1. The molecule has 0 saturated carbocycles. The van der Waals surface area contributed by atoms with Crippen molar-refractivity contribution in [3.8, 4) is 0 Å². The molecule has 0 unspecified atom stereocenters. The molecule has 1 N–H and O–H groups in total. The highest BCUT2D eigenvalue weighted by molar-refractivity contribution is 5.92. The van der Waals surface area contributed by atoms with E-state index in [0.29, 0.717) is 11.2 Å². The second kappa shape index (κ2) is 7.12. The summed E-state index contributed by atoms with van der Waals surface area (Å²) in [7, 11) is 0. The van der Waals surface area contributed by atoms with Crippen LogP contribution in [0.15, 0.2) is 10.5 Å². The van der Waals surface area contributed by atoms with Gasteiger partial charge in [0, 0.05) is 43.6 Å². The molecule has 3 aliphatic heterocycles. The molecule has 0 bridgehead atoms. The van der Waals surface area contributed by atoms with Crippen LogP contribution in [0.1, 0.15) is 60.9 Å². The molecule has 3 aliphatic rings. The first-order chi connectivity index (χ1) is 12.2. The van der Waals surface area contributed by atoms with E-state index < -0.39 is 0 Å². The highest BCUT2D eigenvalue weighted by Gasteiger charge is 2.41. The molecule has 5 nitrogen and oxygen atoms in total. The van der Waals surface area contributed by atoms with Crippen molar-refractivity contribution in [3.05, 3.63) is 23.2 Å². The number of hydrogen-bond acceptors (Lipinski definition) is 4. The summed E-state index contributed by atoms with van der Waals surface area (Å²) in [6.45, 7) is 9.28. The fourth-order valence-corrected chi connectivity index (χ4v) is 4.83. The third kappa shape index (κ3) is 3.49. The van der Waals surface area contributed by atoms with Gasteiger partial charge in [0.05, 0.1) is 0 Å². The number of furan rings is 1. The topological polar surface area (TPSA) is 48.7 Å². The molecule has 25 heavy (non-hydrogen) atoms. The quantitative estimate of drug-likeness (QED) is 0.911. The molecule has 4 heterocycles. The number of aryl methyl sites for hydroxylation is 1. The van der Waals surface area contributed by atoms with Crippen molar-refractivity contribution in [2.24, 2.45) is 5.41 Å². The van der Waals surface area contributed by atoms with E-state index in [1.165, 1.54) is 44.3 Å². The average molecular weight is 345 g/mol. The Labute approximate surface area is 150 Å². The Kier molecular flexibility index (Phi) is 4.87. The van der Waals surface area contributed by atoms with Gasteiger partial charge in [-0.05, 0) is 57.8 Å². The summed E-state index contributed by atoms with van der Waals surface area (Å²) >= 11 is 0. The number of nitrogens with zero attached hydrogens (tertiary/aromatic N) is 2. The summed E-state index contributed by atoms with van der Waals surface area (Å²) in [5, 5.41) is 3.51. The Morgan fingerprint density at radius 2 is 2.08 bits per heavy atom. The maximum absolute atomic E-state index is 13.0. The van der Waals surface area contributed by atoms with Crippen LogP contribution in [0, 0.1) is 5.41 Å². The lowest BCUT2D eigenvalue weighted by Gasteiger charge is -2.33. The fraction of sp³-hybridized carbons (Fsp3) is 0.750. The van der Waals surface area contributed by atoms with E-state index >= 15 is 0 Å². The number of piperidine rings is 1. The van der Waals surface area contributed by atoms with E-state index in [4.69, 9.17) is 4.42 Å². The first-order valence-corrected chi connectivity index (χ1v) is 10.0. The minimum Gasteiger partial charge on any atom is -0.456 e. The van der Waals surface area contributed by atoms with Crippen LogP contribution in [0.5, 0.6) is 0 Å². The molecule has 0 aromatic carbocycles. The van der Waals surface area contributed by atoms with Crippen molar-refractivity contribution >= 4 is 5.91 Å². The Hall–Kier alpha value is -1.33. The van der Waals surface area contributed by atoms with Gasteiger partial charge in [0.15, 0.2) is 5.76 Å². The highest BCUT2D eigenvalue weighted by Crippen LogP contribution is 2.37. The van der Waals surface area contributed by atoms with Gasteiger partial charge in [-0.1, -0.05) is 6.92 Å². The van der Waals surface area contributed by atoms with Crippen molar-refractivity contribution in [3.63, 3.8) is 0 Å². The standard InChI is InChI=1S/C20H31N3O2/c1-2-17-16(13-22-9-3-4-10-22)12-18(25-17)19(24)23-11-7-20(15-23)6-5-8-21-14-20/h12,21H,2-11,13-15H2,1H3/t20-/m0/s1. The smallest absolute Gasteiger partial charge is 0.289 e. The van der Waals surface area contributed by atoms with Crippen LogP contribution in [0.4, 0.5) is 0 Å². The summed E-state index contributed by atoms with van der Waals surface area (Å²) in [4.78, 5) is 17.5. The zero-order chi connectivity index (χ0) is 17.3. The van der Waals surface area contributed by atoms with Crippen molar-refractivity contribution in [1.82, 2.24) is 15.1 Å². The van der Waals surface area contributed by atoms with E-state index in [-0.39, 0.29) is 5.91 Å². The summed E-state index contributed by atoms with van der Waals surface area (Å²) in [6.07, 6.45) is 7.01. The molecule has 1 amide bonds. The number of hydrogen-bond donors (Lipinski definition) is 1. The molecule has 1 atom stereocenters. The Morgan fingerprint density at radius 3 is 2.80 bits per heavy atom. The predicted octanol–water partition coefficient (Wildman–Crippen LogP) is 2.65. The van der Waals surface area contributed by atoms with Gasteiger partial charge in [0.2, 0.25) is 0 Å². The maximum Gasteiger partial charge on any atom is 0.289 e. The average Bonchev–Trinajstić information content (AvgIpc) is 3.36. The number of carbonyl (C=O) groups excluding carboxylic acids is 1. The van der Waals surface area contributed by atoms with Gasteiger partial charge in [-0.3, -0.25) is 9.69 Å². The summed E-state index contributed by atoms with van der Waals surface area (Å²) in [5.41, 5.74) is 1.51. The molecule has 1 aromatic rings. The molecular formula is C20H31N3O2.